The second-order valence-corrected chi connectivity index (χ2v) is 6.81. The van der Waals surface area contributed by atoms with E-state index in [4.69, 9.17) is 20.4 Å². The Morgan fingerprint density at radius 1 is 0.833 bits per heavy atom. The van der Waals surface area contributed by atoms with Gasteiger partial charge >= 0.3 is 0 Å². The van der Waals surface area contributed by atoms with Crippen LogP contribution in [0.15, 0.2) is 87.7 Å². The van der Waals surface area contributed by atoms with Gasteiger partial charge in [-0.1, -0.05) is 11.6 Å². The van der Waals surface area contributed by atoms with E-state index in [2.05, 4.69) is 0 Å². The summed E-state index contributed by atoms with van der Waals surface area (Å²) >= 11 is 5.89. The fourth-order valence-corrected chi connectivity index (χ4v) is 2.95. The van der Waals surface area contributed by atoms with Crippen molar-refractivity contribution in [2.75, 3.05) is 0 Å². The summed E-state index contributed by atoms with van der Waals surface area (Å²) < 4.78 is 11.3. The van der Waals surface area contributed by atoms with Crippen molar-refractivity contribution < 1.29 is 18.6 Å². The molecule has 30 heavy (non-hydrogen) atoms. The highest BCUT2D eigenvalue weighted by molar-refractivity contribution is 6.30. The van der Waals surface area contributed by atoms with E-state index in [0.29, 0.717) is 27.9 Å². The molecule has 2 aromatic heterocycles. The standard InChI is InChI=1S/C23H14ClNO5/c24-17-5-1-15(2-6-17)21-12-10-19(29-21)9-11-20(26)23-14-13-22(30-23)16-3-7-18(8-4-16)25(27)28/h1-14H. The Kier molecular flexibility index (Phi) is 5.32. The highest BCUT2D eigenvalue weighted by Crippen LogP contribution is 2.26. The summed E-state index contributed by atoms with van der Waals surface area (Å²) in [6.07, 6.45) is 2.93. The zero-order valence-corrected chi connectivity index (χ0v) is 16.2. The number of carbonyl (C=O) groups excluding carboxylic acids is 1. The highest BCUT2D eigenvalue weighted by Gasteiger charge is 2.12. The number of carbonyl (C=O) groups is 1. The minimum atomic E-state index is -0.474. The van der Waals surface area contributed by atoms with E-state index in [-0.39, 0.29) is 17.2 Å². The fourth-order valence-electron chi connectivity index (χ4n) is 2.82. The smallest absolute Gasteiger partial charge is 0.269 e. The van der Waals surface area contributed by atoms with Crippen LogP contribution in [-0.4, -0.2) is 10.7 Å². The van der Waals surface area contributed by atoms with E-state index in [0.717, 1.165) is 5.56 Å². The van der Waals surface area contributed by atoms with Crippen LogP contribution in [0.2, 0.25) is 5.02 Å². The van der Waals surface area contributed by atoms with Crippen LogP contribution in [0.4, 0.5) is 5.69 Å². The maximum Gasteiger partial charge on any atom is 0.269 e. The lowest BCUT2D eigenvalue weighted by atomic mass is 10.1. The number of ketones is 1. The van der Waals surface area contributed by atoms with Gasteiger partial charge in [0.05, 0.1) is 4.92 Å². The van der Waals surface area contributed by atoms with Crippen LogP contribution in [0.3, 0.4) is 0 Å². The molecule has 0 spiro atoms. The summed E-state index contributed by atoms with van der Waals surface area (Å²) in [5, 5.41) is 11.4. The lowest BCUT2D eigenvalue weighted by molar-refractivity contribution is -0.384. The average molecular weight is 420 g/mol. The van der Waals surface area contributed by atoms with Crippen molar-refractivity contribution in [3.63, 3.8) is 0 Å². The fraction of sp³-hybridized carbons (Fsp3) is 0. The predicted octanol–water partition coefficient (Wildman–Crippen LogP) is 6.66. The normalized spacial score (nSPS) is 11.1. The first kappa shape index (κ1) is 19.4. The number of halogens is 1. The molecule has 2 heterocycles. The summed E-state index contributed by atoms with van der Waals surface area (Å²) in [7, 11) is 0. The summed E-state index contributed by atoms with van der Waals surface area (Å²) in [4.78, 5) is 22.7. The van der Waals surface area contributed by atoms with E-state index < -0.39 is 4.92 Å². The Morgan fingerprint density at radius 3 is 2.10 bits per heavy atom. The molecule has 0 aliphatic heterocycles. The van der Waals surface area contributed by atoms with Crippen molar-refractivity contribution in [1.82, 2.24) is 0 Å². The predicted molar refractivity (Wildman–Crippen MR) is 113 cm³/mol. The number of hydrogen-bond donors (Lipinski definition) is 0. The summed E-state index contributed by atoms with van der Waals surface area (Å²) in [6.45, 7) is 0. The molecule has 0 saturated heterocycles. The molecule has 4 rings (SSSR count). The molecule has 0 fully saturated rings. The van der Waals surface area contributed by atoms with Crippen molar-refractivity contribution in [3.05, 3.63) is 106 Å². The molecule has 6 nitrogen and oxygen atoms in total. The molecule has 0 amide bonds. The number of rotatable bonds is 6. The zero-order valence-electron chi connectivity index (χ0n) is 15.4. The summed E-state index contributed by atoms with van der Waals surface area (Å²) in [5.74, 6) is 1.47. The first-order valence-corrected chi connectivity index (χ1v) is 9.30. The minimum Gasteiger partial charge on any atom is -0.457 e. The zero-order chi connectivity index (χ0) is 21.1. The van der Waals surface area contributed by atoms with Crippen LogP contribution >= 0.6 is 11.6 Å². The monoisotopic (exact) mass is 419 g/mol. The van der Waals surface area contributed by atoms with Gasteiger partial charge in [-0.3, -0.25) is 14.9 Å². The third-order valence-corrected chi connectivity index (χ3v) is 4.62. The average Bonchev–Trinajstić information content (AvgIpc) is 3.43. The van der Waals surface area contributed by atoms with E-state index in [9.17, 15) is 14.9 Å². The number of furan rings is 2. The van der Waals surface area contributed by atoms with Crippen molar-refractivity contribution in [2.45, 2.75) is 0 Å². The molecule has 0 bridgehead atoms. The maximum atomic E-state index is 12.4. The van der Waals surface area contributed by atoms with Crippen LogP contribution < -0.4 is 0 Å². The van der Waals surface area contributed by atoms with E-state index >= 15 is 0 Å². The van der Waals surface area contributed by atoms with Gasteiger partial charge in [-0.05, 0) is 72.8 Å². The summed E-state index contributed by atoms with van der Waals surface area (Å²) in [6, 6.07) is 19.9. The highest BCUT2D eigenvalue weighted by atomic mass is 35.5. The van der Waals surface area contributed by atoms with Gasteiger partial charge in [0.1, 0.15) is 17.3 Å². The van der Waals surface area contributed by atoms with Gasteiger partial charge in [0, 0.05) is 28.3 Å². The quantitative estimate of drug-likeness (QED) is 0.151. The van der Waals surface area contributed by atoms with Crippen LogP contribution in [-0.2, 0) is 0 Å². The molecule has 0 N–H and O–H groups in total. The molecule has 0 atom stereocenters. The van der Waals surface area contributed by atoms with Gasteiger partial charge in [-0.2, -0.15) is 0 Å². The third-order valence-electron chi connectivity index (χ3n) is 4.37. The lowest BCUT2D eigenvalue weighted by Gasteiger charge is -1.97. The number of hydrogen-bond acceptors (Lipinski definition) is 5. The largest absolute Gasteiger partial charge is 0.457 e. The topological polar surface area (TPSA) is 86.5 Å². The molecule has 0 unspecified atom stereocenters. The van der Waals surface area contributed by atoms with E-state index in [1.807, 2.05) is 18.2 Å². The third kappa shape index (κ3) is 4.24. The number of nitro benzene ring substituents is 1. The van der Waals surface area contributed by atoms with Gasteiger partial charge in [0.25, 0.3) is 5.69 Å². The number of non-ortho nitro benzene ring substituents is 1. The molecule has 0 aliphatic carbocycles. The number of nitro groups is 1. The van der Waals surface area contributed by atoms with Crippen LogP contribution in [0.25, 0.3) is 28.7 Å². The molecule has 148 valence electrons. The van der Waals surface area contributed by atoms with Crippen LogP contribution in [0, 0.1) is 10.1 Å². The Bertz CT molecular complexity index is 1230. The molecule has 0 saturated carbocycles. The van der Waals surface area contributed by atoms with Crippen molar-refractivity contribution in [3.8, 4) is 22.6 Å². The Morgan fingerprint density at radius 2 is 1.43 bits per heavy atom. The van der Waals surface area contributed by atoms with Gasteiger partial charge < -0.3 is 8.83 Å². The molecule has 0 radical (unpaired) electrons. The summed E-state index contributed by atoms with van der Waals surface area (Å²) in [5.41, 5.74) is 1.51. The maximum absolute atomic E-state index is 12.4. The Hall–Kier alpha value is -3.90. The second-order valence-electron chi connectivity index (χ2n) is 6.37. The molecule has 2 aromatic carbocycles. The Labute approximate surface area is 176 Å². The van der Waals surface area contributed by atoms with Crippen molar-refractivity contribution >= 4 is 29.1 Å². The van der Waals surface area contributed by atoms with Crippen LogP contribution in [0.5, 0.6) is 0 Å². The van der Waals surface area contributed by atoms with Crippen molar-refractivity contribution in [2.24, 2.45) is 0 Å². The van der Waals surface area contributed by atoms with Gasteiger partial charge in [-0.25, -0.2) is 0 Å². The number of benzene rings is 2. The first-order valence-electron chi connectivity index (χ1n) is 8.92. The number of nitrogens with zero attached hydrogens (tertiary/aromatic N) is 1. The molecular weight excluding hydrogens is 406 g/mol. The molecular formula is C23H14ClNO5. The van der Waals surface area contributed by atoms with Gasteiger partial charge in [-0.15, -0.1) is 0 Å². The van der Waals surface area contributed by atoms with E-state index in [1.165, 1.54) is 18.2 Å². The SMILES string of the molecule is O=C(C=Cc1ccc(-c2ccc(Cl)cc2)o1)c1ccc(-c2ccc([N+](=O)[O-])cc2)o1. The van der Waals surface area contributed by atoms with Crippen molar-refractivity contribution in [1.29, 1.82) is 0 Å². The lowest BCUT2D eigenvalue weighted by Crippen LogP contribution is -1.90. The van der Waals surface area contributed by atoms with Gasteiger partial charge in [0.2, 0.25) is 5.78 Å². The van der Waals surface area contributed by atoms with E-state index in [1.54, 1.807) is 48.5 Å². The van der Waals surface area contributed by atoms with Crippen LogP contribution in [0.1, 0.15) is 16.3 Å². The minimum absolute atomic E-state index is 0.0130. The molecule has 0 aliphatic rings. The van der Waals surface area contributed by atoms with Gasteiger partial charge in [0.15, 0.2) is 5.76 Å². The molecule has 7 heteroatoms. The number of allylic oxidation sites excluding steroid dienone is 1. The second kappa shape index (κ2) is 8.23. The Balaban J connectivity index is 1.46. The molecule has 4 aromatic rings. The first-order chi connectivity index (χ1) is 14.5.